The van der Waals surface area contributed by atoms with Crippen LogP contribution in [0.3, 0.4) is 0 Å². The fourth-order valence-electron chi connectivity index (χ4n) is 3.22. The molecule has 0 aliphatic rings. The molecule has 32 heavy (non-hydrogen) atoms. The first-order valence-corrected chi connectivity index (χ1v) is 12.2. The summed E-state index contributed by atoms with van der Waals surface area (Å²) in [6.45, 7) is 5.89. The van der Waals surface area contributed by atoms with Gasteiger partial charge in [-0.15, -0.1) is 0 Å². The number of nitrogens with one attached hydrogen (secondary N) is 3. The first-order chi connectivity index (χ1) is 15.5. The lowest BCUT2D eigenvalue weighted by Crippen LogP contribution is -2.30. The Balaban J connectivity index is 4.18. The second kappa shape index (κ2) is 22.4. The van der Waals surface area contributed by atoms with E-state index in [1.54, 1.807) is 0 Å². The third kappa shape index (κ3) is 20.2. The van der Waals surface area contributed by atoms with Crippen LogP contribution in [0.5, 0.6) is 0 Å². The van der Waals surface area contributed by atoms with Gasteiger partial charge in [0.05, 0.1) is 0 Å². The van der Waals surface area contributed by atoms with Gasteiger partial charge in [-0.3, -0.25) is 14.4 Å². The number of nitrogens with two attached hydrogens (primary N) is 3. The molecule has 10 nitrogen and oxygen atoms in total. The zero-order valence-corrected chi connectivity index (χ0v) is 19.8. The highest BCUT2D eigenvalue weighted by molar-refractivity contribution is 5.76. The lowest BCUT2D eigenvalue weighted by Gasteiger charge is -2.22. The molecule has 0 aromatic heterocycles. The Hall–Kier alpha value is -1.75. The number of amides is 3. The van der Waals surface area contributed by atoms with Crippen LogP contribution in [0.15, 0.2) is 0 Å². The molecule has 0 aromatic carbocycles. The van der Waals surface area contributed by atoms with Gasteiger partial charge < -0.3 is 38.1 Å². The number of nitrogens with zero attached hydrogens (tertiary/aromatic N) is 1. The predicted octanol–water partition coefficient (Wildman–Crippen LogP) is -0.586. The van der Waals surface area contributed by atoms with E-state index in [-0.39, 0.29) is 17.7 Å². The Morgan fingerprint density at radius 2 is 0.875 bits per heavy atom. The average Bonchev–Trinajstić information content (AvgIpc) is 2.78. The van der Waals surface area contributed by atoms with Gasteiger partial charge >= 0.3 is 0 Å². The van der Waals surface area contributed by atoms with E-state index >= 15 is 0 Å². The lowest BCUT2D eigenvalue weighted by molar-refractivity contribution is -0.122. The molecule has 0 saturated carbocycles. The molecule has 0 aliphatic carbocycles. The number of carbonyl (C=O) groups excluding carboxylic acids is 3. The van der Waals surface area contributed by atoms with Crippen molar-refractivity contribution < 1.29 is 14.4 Å². The molecule has 0 heterocycles. The van der Waals surface area contributed by atoms with Gasteiger partial charge in [-0.1, -0.05) is 0 Å². The van der Waals surface area contributed by atoms with Crippen LogP contribution in [-0.4, -0.2) is 81.5 Å². The minimum atomic E-state index is 0.0474. The molecule has 0 saturated heterocycles. The Morgan fingerprint density at radius 3 is 1.22 bits per heavy atom. The molecule has 0 aromatic rings. The van der Waals surface area contributed by atoms with Crippen molar-refractivity contribution in [2.45, 2.75) is 64.2 Å². The molecule has 0 bridgehead atoms. The van der Waals surface area contributed by atoms with Crippen LogP contribution in [0.1, 0.15) is 64.2 Å². The van der Waals surface area contributed by atoms with E-state index in [0.29, 0.717) is 58.5 Å². The van der Waals surface area contributed by atoms with Crippen LogP contribution in [-0.2, 0) is 14.4 Å². The van der Waals surface area contributed by atoms with Crippen LogP contribution < -0.4 is 33.2 Å². The second-order valence-electron chi connectivity index (χ2n) is 7.98. The van der Waals surface area contributed by atoms with E-state index in [4.69, 9.17) is 17.2 Å². The number of hydrogen-bond acceptors (Lipinski definition) is 7. The van der Waals surface area contributed by atoms with Crippen molar-refractivity contribution in [3.63, 3.8) is 0 Å². The highest BCUT2D eigenvalue weighted by Gasteiger charge is 2.08. The fourth-order valence-corrected chi connectivity index (χ4v) is 3.22. The number of carbonyl (C=O) groups is 3. The second-order valence-corrected chi connectivity index (χ2v) is 7.98. The van der Waals surface area contributed by atoms with E-state index in [2.05, 4.69) is 20.9 Å². The maximum absolute atomic E-state index is 11.8. The third-order valence-electron chi connectivity index (χ3n) is 5.02. The van der Waals surface area contributed by atoms with Gasteiger partial charge in [0.25, 0.3) is 0 Å². The molecule has 188 valence electrons. The summed E-state index contributed by atoms with van der Waals surface area (Å²) in [6, 6.07) is 0. The topological polar surface area (TPSA) is 169 Å². The Morgan fingerprint density at radius 1 is 0.500 bits per heavy atom. The highest BCUT2D eigenvalue weighted by atomic mass is 16.2. The Kier molecular flexibility index (Phi) is 21.2. The molecule has 0 rings (SSSR count). The van der Waals surface area contributed by atoms with Crippen molar-refractivity contribution in [1.82, 2.24) is 20.9 Å². The summed E-state index contributed by atoms with van der Waals surface area (Å²) in [5, 5.41) is 8.46. The largest absolute Gasteiger partial charge is 0.356 e. The van der Waals surface area contributed by atoms with Gasteiger partial charge in [-0.2, -0.15) is 0 Å². The molecule has 0 fully saturated rings. The van der Waals surface area contributed by atoms with Crippen LogP contribution in [0.4, 0.5) is 0 Å². The van der Waals surface area contributed by atoms with Crippen LogP contribution in [0, 0.1) is 0 Å². The summed E-state index contributed by atoms with van der Waals surface area (Å²) in [5.74, 6) is 0.175. The summed E-state index contributed by atoms with van der Waals surface area (Å²) < 4.78 is 0. The monoisotopic (exact) mass is 457 g/mol. The average molecular weight is 458 g/mol. The van der Waals surface area contributed by atoms with E-state index in [1.165, 1.54) is 0 Å². The van der Waals surface area contributed by atoms with Crippen molar-refractivity contribution in [3.05, 3.63) is 0 Å². The first kappa shape index (κ1) is 30.2. The third-order valence-corrected chi connectivity index (χ3v) is 5.02. The maximum atomic E-state index is 11.8. The number of hydrogen-bond donors (Lipinski definition) is 6. The molecule has 10 heteroatoms. The van der Waals surface area contributed by atoms with Crippen molar-refractivity contribution in [2.75, 3.05) is 58.9 Å². The van der Waals surface area contributed by atoms with Crippen molar-refractivity contribution in [2.24, 2.45) is 17.2 Å². The zero-order chi connectivity index (χ0) is 23.9. The van der Waals surface area contributed by atoms with E-state index < -0.39 is 0 Å². The van der Waals surface area contributed by atoms with Gasteiger partial charge in [-0.05, 0) is 71.1 Å². The summed E-state index contributed by atoms with van der Waals surface area (Å²) in [6.07, 6.45) is 7.67. The summed E-state index contributed by atoms with van der Waals surface area (Å²) in [5.41, 5.74) is 16.2. The van der Waals surface area contributed by atoms with Gasteiger partial charge in [0, 0.05) is 52.0 Å². The quantitative estimate of drug-likeness (QED) is 0.118. The van der Waals surface area contributed by atoms with E-state index in [0.717, 1.165) is 64.6 Å². The SMILES string of the molecule is NCCCNC(=O)CCCCN(CCCCC(=O)NCCN)CCCCC(=O)NCCN. The molecule has 0 radical (unpaired) electrons. The van der Waals surface area contributed by atoms with E-state index in [9.17, 15) is 14.4 Å². The Bertz CT molecular complexity index is 464. The maximum Gasteiger partial charge on any atom is 0.220 e. The summed E-state index contributed by atoms with van der Waals surface area (Å²) in [4.78, 5) is 37.6. The molecule has 0 unspecified atom stereocenters. The minimum Gasteiger partial charge on any atom is -0.356 e. The molecular weight excluding hydrogens is 410 g/mol. The molecule has 3 amide bonds. The van der Waals surface area contributed by atoms with Crippen LogP contribution in [0.25, 0.3) is 0 Å². The standard InChI is InChI=1S/C22H47N7O3/c23-11-7-14-26-20(30)8-1-4-17-29(18-5-2-9-21(31)27-15-12-24)19-6-3-10-22(32)28-16-13-25/h1-19,23-25H2,(H,26,30)(H,27,31)(H,28,32). The fraction of sp³-hybridized carbons (Fsp3) is 0.864. The van der Waals surface area contributed by atoms with Gasteiger partial charge in [0.2, 0.25) is 17.7 Å². The molecule has 0 spiro atoms. The number of unbranched alkanes of at least 4 members (excludes halogenated alkanes) is 3. The summed E-state index contributed by atoms with van der Waals surface area (Å²) >= 11 is 0. The predicted molar refractivity (Wildman–Crippen MR) is 129 cm³/mol. The number of rotatable bonds is 22. The molecule has 0 atom stereocenters. The normalized spacial score (nSPS) is 10.9. The van der Waals surface area contributed by atoms with Crippen LogP contribution in [0.2, 0.25) is 0 Å². The first-order valence-electron chi connectivity index (χ1n) is 12.2. The summed E-state index contributed by atoms with van der Waals surface area (Å²) in [7, 11) is 0. The van der Waals surface area contributed by atoms with Gasteiger partial charge in [0.15, 0.2) is 0 Å². The van der Waals surface area contributed by atoms with Crippen LogP contribution >= 0.6 is 0 Å². The molecule has 9 N–H and O–H groups in total. The smallest absolute Gasteiger partial charge is 0.220 e. The van der Waals surface area contributed by atoms with Crippen molar-refractivity contribution in [3.8, 4) is 0 Å². The van der Waals surface area contributed by atoms with Gasteiger partial charge in [0.1, 0.15) is 0 Å². The van der Waals surface area contributed by atoms with Gasteiger partial charge in [-0.25, -0.2) is 0 Å². The van der Waals surface area contributed by atoms with Crippen molar-refractivity contribution >= 4 is 17.7 Å². The minimum absolute atomic E-state index is 0.0474. The zero-order valence-electron chi connectivity index (χ0n) is 19.8. The Labute approximate surface area is 193 Å². The van der Waals surface area contributed by atoms with E-state index in [1.807, 2.05) is 0 Å². The lowest BCUT2D eigenvalue weighted by atomic mass is 10.1. The van der Waals surface area contributed by atoms with Crippen molar-refractivity contribution in [1.29, 1.82) is 0 Å². The highest BCUT2D eigenvalue weighted by Crippen LogP contribution is 2.06. The molecule has 0 aliphatic heterocycles. The molecular formula is C22H47N7O3.